The number of rotatable bonds is 5. The Kier molecular flexibility index (Phi) is 7.68. The first-order valence-electron chi connectivity index (χ1n) is 10.7. The van der Waals surface area contributed by atoms with Gasteiger partial charge in [-0.2, -0.15) is 5.10 Å². The highest BCUT2D eigenvalue weighted by atomic mass is 32.1. The highest BCUT2D eigenvalue weighted by Crippen LogP contribution is 2.19. The van der Waals surface area contributed by atoms with Crippen molar-refractivity contribution in [2.24, 2.45) is 0 Å². The summed E-state index contributed by atoms with van der Waals surface area (Å²) in [4.78, 5) is 28.2. The van der Waals surface area contributed by atoms with E-state index < -0.39 is 6.04 Å². The van der Waals surface area contributed by atoms with Crippen LogP contribution in [-0.4, -0.2) is 69.5 Å². The monoisotopic (exact) mass is 458 g/mol. The van der Waals surface area contributed by atoms with Crippen molar-refractivity contribution < 1.29 is 14.3 Å². The molecule has 2 N–H and O–H groups in total. The van der Waals surface area contributed by atoms with Crippen LogP contribution in [-0.2, 0) is 9.53 Å². The molecule has 0 aliphatic carbocycles. The molecule has 1 saturated heterocycles. The molecule has 10 heteroatoms. The molecule has 32 heavy (non-hydrogen) atoms. The van der Waals surface area contributed by atoms with Crippen LogP contribution in [0.15, 0.2) is 30.5 Å². The minimum atomic E-state index is -0.475. The molecular weight excluding hydrogens is 428 g/mol. The molecule has 0 saturated carbocycles. The molecule has 0 bridgehead atoms. The molecule has 2 amide bonds. The number of thiocarbonyl (C=S) groups is 1. The number of piperazine rings is 1. The van der Waals surface area contributed by atoms with E-state index in [-0.39, 0.29) is 12.0 Å². The van der Waals surface area contributed by atoms with Crippen molar-refractivity contribution in [2.75, 3.05) is 43.4 Å². The molecule has 0 radical (unpaired) electrons. The number of anilines is 2. The highest BCUT2D eigenvalue weighted by Gasteiger charge is 2.28. The van der Waals surface area contributed by atoms with Gasteiger partial charge in [0.05, 0.1) is 18.0 Å². The predicted octanol–water partition coefficient (Wildman–Crippen LogP) is 3.17. The maximum absolute atomic E-state index is 13.0. The van der Waals surface area contributed by atoms with Crippen molar-refractivity contribution in [2.45, 2.75) is 33.7 Å². The Balaban J connectivity index is 1.58. The van der Waals surface area contributed by atoms with Gasteiger partial charge in [0.2, 0.25) is 5.91 Å². The van der Waals surface area contributed by atoms with E-state index >= 15 is 0 Å². The molecule has 3 rings (SSSR count). The lowest BCUT2D eigenvalue weighted by Crippen LogP contribution is -2.52. The van der Waals surface area contributed by atoms with Gasteiger partial charge in [0.15, 0.2) is 5.11 Å². The Labute approximate surface area is 193 Å². The zero-order valence-corrected chi connectivity index (χ0v) is 19.7. The van der Waals surface area contributed by atoms with Crippen LogP contribution in [0.25, 0.3) is 0 Å². The van der Waals surface area contributed by atoms with Gasteiger partial charge in [-0.3, -0.25) is 9.48 Å². The number of hydrogen-bond acceptors (Lipinski definition) is 5. The number of hydrogen-bond donors (Lipinski definition) is 2. The summed E-state index contributed by atoms with van der Waals surface area (Å²) in [5.74, 6) is -0.0389. The lowest BCUT2D eigenvalue weighted by atomic mass is 10.2. The zero-order chi connectivity index (χ0) is 23.3. The first kappa shape index (κ1) is 23.5. The Morgan fingerprint density at radius 2 is 1.84 bits per heavy atom. The minimum absolute atomic E-state index is 0.0389. The molecule has 1 aliphatic rings. The van der Waals surface area contributed by atoms with Crippen LogP contribution in [0.1, 0.15) is 31.1 Å². The number of benzene rings is 1. The van der Waals surface area contributed by atoms with Crippen molar-refractivity contribution in [3.05, 3.63) is 41.7 Å². The molecule has 1 atom stereocenters. The molecule has 1 fully saturated rings. The lowest BCUT2D eigenvalue weighted by Gasteiger charge is -2.35. The normalized spacial score (nSPS) is 14.6. The first-order valence-corrected chi connectivity index (χ1v) is 11.1. The average Bonchev–Trinajstić information content (AvgIpc) is 3.13. The molecule has 2 aromatic rings. The summed E-state index contributed by atoms with van der Waals surface area (Å²) < 4.78 is 6.68. The Hall–Kier alpha value is -3.14. The molecular formula is C22H30N6O3S. The molecule has 1 aliphatic heterocycles. The summed E-state index contributed by atoms with van der Waals surface area (Å²) in [6, 6.07) is 7.46. The summed E-state index contributed by atoms with van der Waals surface area (Å²) in [6.45, 7) is 9.68. The minimum Gasteiger partial charge on any atom is -0.450 e. The number of carbonyl (C=O) groups excluding carboxylic acids is 2. The fraction of sp³-hybridized carbons (Fsp3) is 0.455. The highest BCUT2D eigenvalue weighted by molar-refractivity contribution is 7.80. The van der Waals surface area contributed by atoms with E-state index in [0.717, 1.165) is 22.6 Å². The summed E-state index contributed by atoms with van der Waals surface area (Å²) in [5, 5.41) is 11.3. The van der Waals surface area contributed by atoms with Crippen LogP contribution < -0.4 is 10.6 Å². The van der Waals surface area contributed by atoms with Crippen molar-refractivity contribution in [3.63, 3.8) is 0 Å². The Bertz CT molecular complexity index is 984. The second-order valence-electron chi connectivity index (χ2n) is 7.74. The van der Waals surface area contributed by atoms with Gasteiger partial charge < -0.3 is 25.2 Å². The number of ether oxygens (including phenoxy) is 1. The van der Waals surface area contributed by atoms with Crippen molar-refractivity contribution >= 4 is 40.7 Å². The third-order valence-corrected chi connectivity index (χ3v) is 5.52. The summed E-state index contributed by atoms with van der Waals surface area (Å²) in [5.41, 5.74) is 3.52. The van der Waals surface area contributed by atoms with Crippen LogP contribution in [0.3, 0.4) is 0 Å². The first-order chi connectivity index (χ1) is 15.3. The third-order valence-electron chi connectivity index (χ3n) is 5.31. The van der Waals surface area contributed by atoms with E-state index in [1.165, 1.54) is 0 Å². The topological polar surface area (TPSA) is 91.7 Å². The van der Waals surface area contributed by atoms with Crippen LogP contribution in [0.5, 0.6) is 0 Å². The molecule has 1 aromatic heterocycles. The Morgan fingerprint density at radius 3 is 2.50 bits per heavy atom. The number of amides is 2. The summed E-state index contributed by atoms with van der Waals surface area (Å²) >= 11 is 5.42. The van der Waals surface area contributed by atoms with Crippen molar-refractivity contribution in [3.8, 4) is 0 Å². The van der Waals surface area contributed by atoms with E-state index in [9.17, 15) is 9.59 Å². The largest absolute Gasteiger partial charge is 0.450 e. The number of aryl methyl sites for hydroxylation is 2. The second kappa shape index (κ2) is 10.4. The van der Waals surface area contributed by atoms with Crippen LogP contribution in [0.4, 0.5) is 16.2 Å². The smallest absolute Gasteiger partial charge is 0.409 e. The second-order valence-corrected chi connectivity index (χ2v) is 8.15. The van der Waals surface area contributed by atoms with Crippen LogP contribution in [0.2, 0.25) is 0 Å². The molecule has 172 valence electrons. The Morgan fingerprint density at radius 1 is 1.16 bits per heavy atom. The zero-order valence-electron chi connectivity index (χ0n) is 18.9. The molecule has 1 aromatic carbocycles. The maximum atomic E-state index is 13.0. The SMILES string of the molecule is CCOC(=O)N1CCN(C(=O)C(C)n2cc(NC(=S)Nc3cccc(C)c3)c(C)n2)CC1. The van der Waals surface area contributed by atoms with Gasteiger partial charge in [-0.15, -0.1) is 0 Å². The van der Waals surface area contributed by atoms with Crippen molar-refractivity contribution in [1.82, 2.24) is 19.6 Å². The van der Waals surface area contributed by atoms with E-state index in [2.05, 4.69) is 15.7 Å². The maximum Gasteiger partial charge on any atom is 0.409 e. The van der Waals surface area contributed by atoms with E-state index in [1.807, 2.05) is 45.0 Å². The van der Waals surface area contributed by atoms with E-state index in [1.54, 1.807) is 27.6 Å². The summed E-state index contributed by atoms with van der Waals surface area (Å²) in [6.07, 6.45) is 1.46. The van der Waals surface area contributed by atoms with Crippen LogP contribution in [0, 0.1) is 13.8 Å². The fourth-order valence-electron chi connectivity index (χ4n) is 3.51. The number of aromatic nitrogens is 2. The molecule has 2 heterocycles. The van der Waals surface area contributed by atoms with Gasteiger partial charge in [0, 0.05) is 38.1 Å². The number of nitrogens with one attached hydrogen (secondary N) is 2. The standard InChI is InChI=1S/C22H30N6O3S/c1-5-31-22(30)27-11-9-26(10-12-27)20(29)17(4)28-14-19(16(3)25-28)24-21(32)23-18-8-6-7-15(2)13-18/h6-8,13-14,17H,5,9-12H2,1-4H3,(H2,23,24,32). The fourth-order valence-corrected chi connectivity index (χ4v) is 3.74. The quantitative estimate of drug-likeness (QED) is 0.665. The molecule has 0 spiro atoms. The van der Waals surface area contributed by atoms with Gasteiger partial charge in [0.25, 0.3) is 0 Å². The average molecular weight is 459 g/mol. The molecule has 9 nitrogen and oxygen atoms in total. The van der Waals surface area contributed by atoms with Gasteiger partial charge in [-0.1, -0.05) is 12.1 Å². The van der Waals surface area contributed by atoms with Crippen LogP contribution >= 0.6 is 12.2 Å². The van der Waals surface area contributed by atoms with Gasteiger partial charge in [0.1, 0.15) is 6.04 Å². The van der Waals surface area contributed by atoms with E-state index in [0.29, 0.717) is 37.9 Å². The third kappa shape index (κ3) is 5.76. The predicted molar refractivity (Wildman–Crippen MR) is 128 cm³/mol. The van der Waals surface area contributed by atoms with Gasteiger partial charge in [-0.05, 0) is 57.6 Å². The lowest BCUT2D eigenvalue weighted by molar-refractivity contribution is -0.136. The molecule has 1 unspecified atom stereocenters. The van der Waals surface area contributed by atoms with E-state index in [4.69, 9.17) is 17.0 Å². The van der Waals surface area contributed by atoms with Gasteiger partial charge >= 0.3 is 6.09 Å². The number of nitrogens with zero attached hydrogens (tertiary/aromatic N) is 4. The number of carbonyl (C=O) groups is 2. The summed E-state index contributed by atoms with van der Waals surface area (Å²) in [7, 11) is 0. The van der Waals surface area contributed by atoms with Crippen molar-refractivity contribution in [1.29, 1.82) is 0 Å². The van der Waals surface area contributed by atoms with Gasteiger partial charge in [-0.25, -0.2) is 4.79 Å².